The number of ether oxygens (including phenoxy) is 1. The van der Waals surface area contributed by atoms with Crippen LogP contribution in [0.3, 0.4) is 0 Å². The highest BCUT2D eigenvalue weighted by molar-refractivity contribution is 6.05. The number of amides is 1. The van der Waals surface area contributed by atoms with E-state index < -0.39 is 17.6 Å². The molecule has 0 aliphatic carbocycles. The number of nitrogens with one attached hydrogen (secondary N) is 1. The number of benzene rings is 2. The lowest BCUT2D eigenvalue weighted by atomic mass is 10.1. The maximum Gasteiger partial charge on any atom is 0.416 e. The number of aryl methyl sites for hydroxylation is 2. The zero-order valence-corrected chi connectivity index (χ0v) is 17.6. The van der Waals surface area contributed by atoms with Crippen LogP contribution in [0.1, 0.15) is 40.6 Å². The normalized spacial score (nSPS) is 11.3. The van der Waals surface area contributed by atoms with Gasteiger partial charge in [-0.1, -0.05) is 24.3 Å². The zero-order chi connectivity index (χ0) is 23.3. The minimum Gasteiger partial charge on any atom is -0.466 e. The van der Waals surface area contributed by atoms with Gasteiger partial charge in [0.1, 0.15) is 11.5 Å². The van der Waals surface area contributed by atoms with Gasteiger partial charge in [0.05, 0.1) is 17.7 Å². The molecule has 8 heteroatoms. The van der Waals surface area contributed by atoms with Crippen LogP contribution in [0.15, 0.2) is 59.0 Å². The molecule has 1 N–H and O–H groups in total. The first-order chi connectivity index (χ1) is 15.2. The summed E-state index contributed by atoms with van der Waals surface area (Å²) in [6.45, 7) is 3.68. The van der Waals surface area contributed by atoms with Gasteiger partial charge in [-0.15, -0.1) is 0 Å². The van der Waals surface area contributed by atoms with Gasteiger partial charge in [-0.25, -0.2) is 0 Å². The first-order valence-electron chi connectivity index (χ1n) is 10.0. The Bertz CT molecular complexity index is 1100. The maximum atomic E-state index is 12.8. The number of hydrogen-bond acceptors (Lipinski definition) is 4. The molecule has 32 heavy (non-hydrogen) atoms. The number of rotatable bonds is 7. The summed E-state index contributed by atoms with van der Waals surface area (Å²) in [5.74, 6) is -0.0564. The largest absolute Gasteiger partial charge is 0.466 e. The van der Waals surface area contributed by atoms with Crippen molar-refractivity contribution in [2.45, 2.75) is 32.9 Å². The highest BCUT2D eigenvalue weighted by atomic mass is 19.4. The third-order valence-corrected chi connectivity index (χ3v) is 4.77. The van der Waals surface area contributed by atoms with Crippen LogP contribution < -0.4 is 5.32 Å². The summed E-state index contributed by atoms with van der Waals surface area (Å²) in [5, 5.41) is 2.78. The Morgan fingerprint density at radius 1 is 1.06 bits per heavy atom. The fourth-order valence-corrected chi connectivity index (χ4v) is 3.16. The molecule has 0 radical (unpaired) electrons. The quantitative estimate of drug-likeness (QED) is 0.452. The Labute approximate surface area is 183 Å². The fourth-order valence-electron chi connectivity index (χ4n) is 3.16. The summed E-state index contributed by atoms with van der Waals surface area (Å²) in [6, 6.07) is 13.1. The summed E-state index contributed by atoms with van der Waals surface area (Å²) in [7, 11) is 0. The molecular formula is C24H22F3NO4. The summed E-state index contributed by atoms with van der Waals surface area (Å²) >= 11 is 0. The van der Waals surface area contributed by atoms with Gasteiger partial charge in [0.25, 0.3) is 5.91 Å². The Morgan fingerprint density at radius 3 is 2.44 bits per heavy atom. The second-order valence-electron chi connectivity index (χ2n) is 7.12. The van der Waals surface area contributed by atoms with E-state index in [0.29, 0.717) is 35.8 Å². The average Bonchev–Trinajstić information content (AvgIpc) is 3.14. The van der Waals surface area contributed by atoms with Gasteiger partial charge in [0, 0.05) is 17.7 Å². The van der Waals surface area contributed by atoms with E-state index in [1.807, 2.05) is 6.07 Å². The molecule has 168 valence electrons. The molecule has 1 heterocycles. The molecule has 3 rings (SSSR count). The van der Waals surface area contributed by atoms with Gasteiger partial charge in [0.15, 0.2) is 0 Å². The molecule has 5 nitrogen and oxygen atoms in total. The molecule has 0 atom stereocenters. The summed E-state index contributed by atoms with van der Waals surface area (Å²) < 4.78 is 48.8. The molecule has 2 aromatic carbocycles. The standard InChI is InChI=1S/C24H22F3NO4/c1-3-31-22(29)12-7-16-5-4-6-19(13-16)28-23(30)20-14-21(32-15(20)2)17-8-10-18(11-9-17)24(25,26)27/h4-6,8-11,13-14H,3,7,12H2,1-2H3,(H,28,30). The van der Waals surface area contributed by atoms with Gasteiger partial charge < -0.3 is 14.5 Å². The number of carbonyl (C=O) groups is 2. The van der Waals surface area contributed by atoms with Crippen LogP contribution in [0.5, 0.6) is 0 Å². The molecule has 1 amide bonds. The minimum atomic E-state index is -4.42. The van der Waals surface area contributed by atoms with Crippen LogP contribution in [0.25, 0.3) is 11.3 Å². The summed E-state index contributed by atoms with van der Waals surface area (Å²) in [5.41, 5.74) is 1.36. The Kier molecular flexibility index (Phi) is 7.02. The smallest absolute Gasteiger partial charge is 0.416 e. The van der Waals surface area contributed by atoms with Crippen LogP contribution in [0.4, 0.5) is 18.9 Å². The minimum absolute atomic E-state index is 0.239. The van der Waals surface area contributed by atoms with Crippen molar-refractivity contribution in [1.29, 1.82) is 0 Å². The zero-order valence-electron chi connectivity index (χ0n) is 17.6. The number of carbonyl (C=O) groups excluding carboxylic acids is 2. The van der Waals surface area contributed by atoms with Crippen LogP contribution in [0.2, 0.25) is 0 Å². The molecule has 1 aromatic heterocycles. The van der Waals surface area contributed by atoms with Gasteiger partial charge in [0.2, 0.25) is 0 Å². The lowest BCUT2D eigenvalue weighted by molar-refractivity contribution is -0.143. The SMILES string of the molecule is CCOC(=O)CCc1cccc(NC(=O)c2cc(-c3ccc(C(F)(F)F)cc3)oc2C)c1. The topological polar surface area (TPSA) is 68.5 Å². The number of hydrogen-bond donors (Lipinski definition) is 1. The average molecular weight is 445 g/mol. The van der Waals surface area contributed by atoms with E-state index in [0.717, 1.165) is 17.7 Å². The third kappa shape index (κ3) is 5.78. The molecule has 0 aliphatic heterocycles. The van der Waals surface area contributed by atoms with E-state index in [1.165, 1.54) is 18.2 Å². The van der Waals surface area contributed by atoms with Gasteiger partial charge in [-0.3, -0.25) is 9.59 Å². The van der Waals surface area contributed by atoms with E-state index in [4.69, 9.17) is 9.15 Å². The summed E-state index contributed by atoms with van der Waals surface area (Å²) in [4.78, 5) is 24.3. The van der Waals surface area contributed by atoms with E-state index in [2.05, 4.69) is 5.32 Å². The van der Waals surface area contributed by atoms with E-state index in [1.54, 1.807) is 32.0 Å². The van der Waals surface area contributed by atoms with Gasteiger partial charge >= 0.3 is 12.1 Å². The monoisotopic (exact) mass is 445 g/mol. The number of furan rings is 1. The van der Waals surface area contributed by atoms with Crippen LogP contribution in [0, 0.1) is 6.92 Å². The molecule has 0 spiro atoms. The first kappa shape index (κ1) is 23.1. The van der Waals surface area contributed by atoms with Crippen LogP contribution in [-0.2, 0) is 22.1 Å². The number of anilines is 1. The van der Waals surface area contributed by atoms with Crippen molar-refractivity contribution in [3.05, 3.63) is 77.0 Å². The van der Waals surface area contributed by atoms with Crippen molar-refractivity contribution >= 4 is 17.6 Å². The van der Waals surface area contributed by atoms with Crippen LogP contribution >= 0.6 is 0 Å². The molecule has 0 bridgehead atoms. The van der Waals surface area contributed by atoms with Crippen molar-refractivity contribution in [3.63, 3.8) is 0 Å². The van der Waals surface area contributed by atoms with Crippen molar-refractivity contribution in [2.24, 2.45) is 0 Å². The second kappa shape index (κ2) is 9.72. The Hall–Kier alpha value is -3.55. The maximum absolute atomic E-state index is 12.8. The Balaban J connectivity index is 1.71. The van der Waals surface area contributed by atoms with E-state index >= 15 is 0 Å². The summed E-state index contributed by atoms with van der Waals surface area (Å²) in [6.07, 6.45) is -3.71. The predicted octanol–water partition coefficient (Wildman–Crippen LogP) is 6.02. The highest BCUT2D eigenvalue weighted by Gasteiger charge is 2.30. The fraction of sp³-hybridized carbons (Fsp3) is 0.250. The molecular weight excluding hydrogens is 423 g/mol. The van der Waals surface area contributed by atoms with Crippen molar-refractivity contribution in [3.8, 4) is 11.3 Å². The van der Waals surface area contributed by atoms with Gasteiger partial charge in [-0.2, -0.15) is 13.2 Å². The van der Waals surface area contributed by atoms with Gasteiger partial charge in [-0.05, 0) is 56.2 Å². The van der Waals surface area contributed by atoms with Crippen LogP contribution in [-0.4, -0.2) is 18.5 Å². The predicted molar refractivity (Wildman–Crippen MR) is 113 cm³/mol. The molecule has 0 saturated heterocycles. The number of esters is 1. The molecule has 3 aromatic rings. The lowest BCUT2D eigenvalue weighted by Gasteiger charge is -2.07. The second-order valence-corrected chi connectivity index (χ2v) is 7.12. The molecule has 0 unspecified atom stereocenters. The first-order valence-corrected chi connectivity index (χ1v) is 10.0. The highest BCUT2D eigenvalue weighted by Crippen LogP contribution is 2.32. The lowest BCUT2D eigenvalue weighted by Crippen LogP contribution is -2.12. The molecule has 0 saturated carbocycles. The van der Waals surface area contributed by atoms with Crippen molar-refractivity contribution < 1.29 is 31.9 Å². The van der Waals surface area contributed by atoms with E-state index in [-0.39, 0.29) is 18.0 Å². The number of alkyl halides is 3. The molecule has 0 aliphatic rings. The van der Waals surface area contributed by atoms with Crippen molar-refractivity contribution in [1.82, 2.24) is 0 Å². The third-order valence-electron chi connectivity index (χ3n) is 4.77. The molecule has 0 fully saturated rings. The Morgan fingerprint density at radius 2 is 1.78 bits per heavy atom. The number of halogens is 3. The van der Waals surface area contributed by atoms with Crippen molar-refractivity contribution in [2.75, 3.05) is 11.9 Å². The van der Waals surface area contributed by atoms with E-state index in [9.17, 15) is 22.8 Å².